The highest BCUT2D eigenvalue weighted by Gasteiger charge is 2.16. The number of rotatable bonds is 5. The van der Waals surface area contributed by atoms with Crippen LogP contribution in [0.1, 0.15) is 44.5 Å². The highest BCUT2D eigenvalue weighted by molar-refractivity contribution is 5.76. The van der Waals surface area contributed by atoms with Crippen molar-refractivity contribution >= 4 is 17.0 Å². The predicted molar refractivity (Wildman–Crippen MR) is 92.1 cm³/mol. The highest BCUT2D eigenvalue weighted by Crippen LogP contribution is 2.26. The first-order chi connectivity index (χ1) is 11.8. The molecule has 0 aliphatic heterocycles. The molecular formula is C17H21N5O3. The molecular weight excluding hydrogens is 322 g/mol. The zero-order chi connectivity index (χ0) is 18.0. The number of hydrogen-bond donors (Lipinski definition) is 3. The molecule has 1 aromatic carbocycles. The molecule has 2 aromatic heterocycles. The third kappa shape index (κ3) is 4.14. The lowest BCUT2D eigenvalue weighted by molar-refractivity contribution is -0.121. The van der Waals surface area contributed by atoms with E-state index in [0.29, 0.717) is 23.7 Å². The lowest BCUT2D eigenvalue weighted by atomic mass is 9.87. The molecule has 0 unspecified atom stereocenters. The number of amides is 1. The molecule has 3 rings (SSSR count). The summed E-state index contributed by atoms with van der Waals surface area (Å²) in [6, 6.07) is 5.95. The van der Waals surface area contributed by atoms with Gasteiger partial charge in [0.15, 0.2) is 5.58 Å². The molecule has 0 radical (unpaired) electrons. The summed E-state index contributed by atoms with van der Waals surface area (Å²) in [6.07, 6.45) is 0.572. The molecule has 0 aliphatic carbocycles. The molecule has 2 heterocycles. The van der Waals surface area contributed by atoms with Crippen molar-refractivity contribution in [3.05, 3.63) is 46.0 Å². The quantitative estimate of drug-likeness (QED) is 0.653. The molecule has 0 saturated heterocycles. The summed E-state index contributed by atoms with van der Waals surface area (Å²) in [5.74, 6) is 0.751. The first kappa shape index (κ1) is 16.9. The fraction of sp³-hybridized carbons (Fsp3) is 0.412. The van der Waals surface area contributed by atoms with Crippen LogP contribution in [-0.2, 0) is 23.2 Å². The van der Waals surface area contributed by atoms with Crippen LogP contribution in [0, 0.1) is 0 Å². The van der Waals surface area contributed by atoms with Gasteiger partial charge in [-0.05, 0) is 23.1 Å². The van der Waals surface area contributed by atoms with E-state index in [1.165, 1.54) is 5.56 Å². The monoisotopic (exact) mass is 343 g/mol. The summed E-state index contributed by atoms with van der Waals surface area (Å²) < 4.78 is 5.66. The summed E-state index contributed by atoms with van der Waals surface area (Å²) in [4.78, 5) is 29.8. The van der Waals surface area contributed by atoms with Crippen LogP contribution in [0.15, 0.2) is 27.4 Å². The van der Waals surface area contributed by atoms with E-state index in [9.17, 15) is 9.59 Å². The summed E-state index contributed by atoms with van der Waals surface area (Å²) in [7, 11) is 0. The number of nitrogens with zero attached hydrogens (tertiary/aromatic N) is 2. The number of aromatic nitrogens is 4. The van der Waals surface area contributed by atoms with Crippen LogP contribution in [0.2, 0.25) is 0 Å². The molecule has 3 aromatic rings. The van der Waals surface area contributed by atoms with Gasteiger partial charge in [0.05, 0.1) is 6.54 Å². The number of aromatic amines is 2. The normalized spacial score (nSPS) is 11.8. The number of benzene rings is 1. The smallest absolute Gasteiger partial charge is 0.340 e. The van der Waals surface area contributed by atoms with E-state index in [2.05, 4.69) is 46.3 Å². The van der Waals surface area contributed by atoms with Crippen LogP contribution in [0.3, 0.4) is 0 Å². The van der Waals surface area contributed by atoms with Gasteiger partial charge in [0.25, 0.3) is 0 Å². The fourth-order valence-electron chi connectivity index (χ4n) is 2.44. The van der Waals surface area contributed by atoms with Gasteiger partial charge in [-0.1, -0.05) is 26.8 Å². The maximum Gasteiger partial charge on any atom is 0.340 e. The number of carbonyl (C=O) groups excluding carboxylic acids is 1. The van der Waals surface area contributed by atoms with Crippen molar-refractivity contribution in [1.29, 1.82) is 0 Å². The SMILES string of the molecule is CC(C)(C)c1ccc2oc(CNC(=O)CCc3n[nH]c(=O)[nH]3)nc2c1. The maximum atomic E-state index is 11.9. The van der Waals surface area contributed by atoms with Gasteiger partial charge in [-0.2, -0.15) is 5.10 Å². The second kappa shape index (κ2) is 6.54. The molecule has 3 N–H and O–H groups in total. The van der Waals surface area contributed by atoms with Gasteiger partial charge in [0.1, 0.15) is 11.3 Å². The van der Waals surface area contributed by atoms with Crippen molar-refractivity contribution in [2.75, 3.05) is 0 Å². The van der Waals surface area contributed by atoms with Crippen LogP contribution in [-0.4, -0.2) is 26.1 Å². The van der Waals surface area contributed by atoms with Crippen molar-refractivity contribution in [2.45, 2.75) is 45.6 Å². The van der Waals surface area contributed by atoms with Gasteiger partial charge in [-0.25, -0.2) is 14.9 Å². The third-order valence-electron chi connectivity index (χ3n) is 3.87. The first-order valence-electron chi connectivity index (χ1n) is 8.11. The average molecular weight is 343 g/mol. The summed E-state index contributed by atoms with van der Waals surface area (Å²) in [6.45, 7) is 6.64. The Labute approximate surface area is 144 Å². The van der Waals surface area contributed by atoms with Crippen LogP contribution in [0.4, 0.5) is 0 Å². The Balaban J connectivity index is 1.59. The lowest BCUT2D eigenvalue weighted by Gasteiger charge is -2.18. The summed E-state index contributed by atoms with van der Waals surface area (Å²) in [5, 5.41) is 8.78. The second-order valence-corrected chi connectivity index (χ2v) is 6.94. The van der Waals surface area contributed by atoms with Crippen LogP contribution >= 0.6 is 0 Å². The Kier molecular flexibility index (Phi) is 4.43. The number of oxazole rings is 1. The van der Waals surface area contributed by atoms with Crippen LogP contribution in [0.5, 0.6) is 0 Å². The second-order valence-electron chi connectivity index (χ2n) is 6.94. The van der Waals surface area contributed by atoms with Crippen LogP contribution in [0.25, 0.3) is 11.1 Å². The fourth-order valence-corrected chi connectivity index (χ4v) is 2.44. The Morgan fingerprint density at radius 2 is 2.12 bits per heavy atom. The minimum absolute atomic E-state index is 0.0365. The average Bonchev–Trinajstić information content (AvgIpc) is 3.14. The molecule has 0 saturated carbocycles. The minimum atomic E-state index is -0.378. The van der Waals surface area contributed by atoms with E-state index < -0.39 is 0 Å². The molecule has 0 spiro atoms. The molecule has 0 atom stereocenters. The summed E-state index contributed by atoms with van der Waals surface area (Å²) >= 11 is 0. The van der Waals surface area contributed by atoms with Gasteiger partial charge in [-0.15, -0.1) is 0 Å². The standard InChI is InChI=1S/C17H21N5O3/c1-17(2,3)10-4-5-12-11(8-10)19-15(25-12)9-18-14(23)7-6-13-20-16(24)22-21-13/h4-5,8H,6-7,9H2,1-3H3,(H,18,23)(H2,20,21,22,24). The zero-order valence-electron chi connectivity index (χ0n) is 14.5. The predicted octanol–water partition coefficient (Wildman–Crippen LogP) is 1.79. The molecule has 0 fully saturated rings. The topological polar surface area (TPSA) is 117 Å². The number of nitrogens with one attached hydrogen (secondary N) is 3. The van der Waals surface area contributed by atoms with E-state index in [4.69, 9.17) is 4.42 Å². The van der Waals surface area contributed by atoms with Gasteiger partial charge < -0.3 is 9.73 Å². The number of aryl methyl sites for hydroxylation is 1. The van der Waals surface area contributed by atoms with E-state index >= 15 is 0 Å². The van der Waals surface area contributed by atoms with E-state index in [0.717, 1.165) is 5.52 Å². The number of H-pyrrole nitrogens is 2. The molecule has 25 heavy (non-hydrogen) atoms. The van der Waals surface area contributed by atoms with Gasteiger partial charge >= 0.3 is 5.69 Å². The third-order valence-corrected chi connectivity index (χ3v) is 3.87. The molecule has 8 heteroatoms. The largest absolute Gasteiger partial charge is 0.439 e. The highest BCUT2D eigenvalue weighted by atomic mass is 16.3. The summed E-state index contributed by atoms with van der Waals surface area (Å²) in [5.41, 5.74) is 2.32. The van der Waals surface area contributed by atoms with Crippen molar-refractivity contribution in [3.8, 4) is 0 Å². The molecule has 8 nitrogen and oxygen atoms in total. The first-order valence-corrected chi connectivity index (χ1v) is 8.11. The van der Waals surface area contributed by atoms with Crippen molar-refractivity contribution in [3.63, 3.8) is 0 Å². The van der Waals surface area contributed by atoms with Gasteiger partial charge in [0.2, 0.25) is 11.8 Å². The Morgan fingerprint density at radius 3 is 2.80 bits per heavy atom. The van der Waals surface area contributed by atoms with Gasteiger partial charge in [-0.3, -0.25) is 9.78 Å². The zero-order valence-corrected chi connectivity index (χ0v) is 14.5. The van der Waals surface area contributed by atoms with Gasteiger partial charge in [0, 0.05) is 12.8 Å². The number of fused-ring (bicyclic) bond motifs is 1. The molecule has 0 bridgehead atoms. The van der Waals surface area contributed by atoms with E-state index in [1.807, 2.05) is 18.2 Å². The Bertz CT molecular complexity index is 945. The van der Waals surface area contributed by atoms with Crippen molar-refractivity contribution in [2.24, 2.45) is 0 Å². The van der Waals surface area contributed by atoms with E-state index in [-0.39, 0.29) is 30.0 Å². The Morgan fingerprint density at radius 1 is 1.32 bits per heavy atom. The molecule has 1 amide bonds. The molecule has 0 aliphatic rings. The Hall–Kier alpha value is -2.90. The molecule has 132 valence electrons. The van der Waals surface area contributed by atoms with Crippen LogP contribution < -0.4 is 11.0 Å². The maximum absolute atomic E-state index is 11.9. The minimum Gasteiger partial charge on any atom is -0.439 e. The van der Waals surface area contributed by atoms with Crippen molar-refractivity contribution in [1.82, 2.24) is 25.5 Å². The number of carbonyl (C=O) groups is 1. The lowest BCUT2D eigenvalue weighted by Crippen LogP contribution is -2.23. The van der Waals surface area contributed by atoms with E-state index in [1.54, 1.807) is 0 Å². The number of hydrogen-bond acceptors (Lipinski definition) is 5. The van der Waals surface area contributed by atoms with Crippen molar-refractivity contribution < 1.29 is 9.21 Å².